The van der Waals surface area contributed by atoms with Gasteiger partial charge in [-0.3, -0.25) is 10.1 Å². The van der Waals surface area contributed by atoms with Crippen molar-refractivity contribution in [2.75, 3.05) is 11.9 Å². The summed E-state index contributed by atoms with van der Waals surface area (Å²) in [6.45, 7) is 2.65. The van der Waals surface area contributed by atoms with Gasteiger partial charge in [0.1, 0.15) is 5.75 Å². The molecule has 0 bridgehead atoms. The Hall–Kier alpha value is -3.29. The van der Waals surface area contributed by atoms with Crippen LogP contribution in [0.5, 0.6) is 17.2 Å². The lowest BCUT2D eigenvalue weighted by Crippen LogP contribution is -2.10. The normalized spacial score (nSPS) is 11.6. The number of nitro groups is 1. The number of benzene rings is 2. The van der Waals surface area contributed by atoms with Crippen LogP contribution in [0.25, 0.3) is 0 Å². The Bertz CT molecular complexity index is 849. The summed E-state index contributed by atoms with van der Waals surface area (Å²) < 4.78 is 11.3. The molecule has 8 heteroatoms. The molecule has 3 rings (SSSR count). The number of nitrogens with zero attached hydrogens (tertiary/aromatic N) is 1. The summed E-state index contributed by atoms with van der Waals surface area (Å²) in [7, 11) is 0. The molecule has 0 radical (unpaired) electrons. The van der Waals surface area contributed by atoms with Gasteiger partial charge in [-0.25, -0.2) is 4.79 Å². The van der Waals surface area contributed by atoms with Gasteiger partial charge in [-0.2, -0.15) is 0 Å². The number of anilines is 2. The minimum atomic E-state index is -1.28. The monoisotopic (exact) mass is 344 g/mol. The second-order valence-corrected chi connectivity index (χ2v) is 5.52. The first-order valence-corrected chi connectivity index (χ1v) is 7.77. The van der Waals surface area contributed by atoms with Crippen LogP contribution in [0.3, 0.4) is 0 Å². The van der Waals surface area contributed by atoms with Crippen LogP contribution in [0.4, 0.5) is 17.1 Å². The van der Waals surface area contributed by atoms with Gasteiger partial charge in [-0.15, -0.1) is 0 Å². The van der Waals surface area contributed by atoms with E-state index in [0.29, 0.717) is 23.8 Å². The molecule has 130 valence electrons. The van der Waals surface area contributed by atoms with E-state index in [1.165, 1.54) is 6.07 Å². The Balaban J connectivity index is 1.96. The molecule has 0 unspecified atom stereocenters. The second-order valence-electron chi connectivity index (χ2n) is 5.52. The number of nitrogens with one attached hydrogen (secondary N) is 1. The number of unbranched alkanes of at least 4 members (excludes halogenated alkanes) is 1. The fourth-order valence-electron chi connectivity index (χ4n) is 2.46. The van der Waals surface area contributed by atoms with Gasteiger partial charge in [0.15, 0.2) is 11.5 Å². The van der Waals surface area contributed by atoms with Crippen molar-refractivity contribution in [3.63, 3.8) is 0 Å². The lowest BCUT2D eigenvalue weighted by molar-refractivity contribution is -0.384. The van der Waals surface area contributed by atoms with Crippen LogP contribution in [-0.4, -0.2) is 22.6 Å². The zero-order valence-electron chi connectivity index (χ0n) is 13.4. The van der Waals surface area contributed by atoms with Gasteiger partial charge >= 0.3 is 5.97 Å². The molecule has 1 aliphatic heterocycles. The number of aromatic carboxylic acids is 1. The van der Waals surface area contributed by atoms with Gasteiger partial charge in [-0.1, -0.05) is 13.3 Å². The van der Waals surface area contributed by atoms with Gasteiger partial charge in [0.2, 0.25) is 0 Å². The lowest BCUT2D eigenvalue weighted by Gasteiger charge is -2.23. The Morgan fingerprint density at radius 2 is 2.12 bits per heavy atom. The van der Waals surface area contributed by atoms with E-state index in [1.807, 2.05) is 0 Å². The van der Waals surface area contributed by atoms with Crippen LogP contribution in [0.15, 0.2) is 30.3 Å². The maximum Gasteiger partial charge on any atom is 0.338 e. The number of carboxylic acids is 1. The maximum absolute atomic E-state index is 11.5. The third kappa shape index (κ3) is 3.32. The largest absolute Gasteiger partial charge is 0.494 e. The quantitative estimate of drug-likeness (QED) is 0.389. The summed E-state index contributed by atoms with van der Waals surface area (Å²) in [5, 5.41) is 23.3. The van der Waals surface area contributed by atoms with Crippen LogP contribution in [0.2, 0.25) is 0 Å². The van der Waals surface area contributed by atoms with E-state index in [9.17, 15) is 20.0 Å². The number of carboxylic acid groups (broad SMARTS) is 1. The van der Waals surface area contributed by atoms with Crippen molar-refractivity contribution in [2.24, 2.45) is 0 Å². The number of fused-ring (bicyclic) bond motifs is 2. The van der Waals surface area contributed by atoms with Crippen molar-refractivity contribution in [2.45, 2.75) is 19.8 Å². The molecule has 1 aliphatic rings. The summed E-state index contributed by atoms with van der Waals surface area (Å²) in [5.41, 5.74) is 0.141. The van der Waals surface area contributed by atoms with Crippen molar-refractivity contribution in [1.82, 2.24) is 0 Å². The fraction of sp³-hybridized carbons (Fsp3) is 0.235. The van der Waals surface area contributed by atoms with Crippen LogP contribution in [-0.2, 0) is 0 Å². The van der Waals surface area contributed by atoms with E-state index in [2.05, 4.69) is 12.2 Å². The third-order valence-corrected chi connectivity index (χ3v) is 3.73. The SMILES string of the molecule is CCCCOc1ccc2c(c1)Nc1c(cc([N+](=O)[O-])cc1C(=O)O)O2. The number of non-ortho nitro benzene ring substituents is 1. The molecular weight excluding hydrogens is 328 g/mol. The van der Waals surface area contributed by atoms with E-state index in [0.717, 1.165) is 18.9 Å². The predicted molar refractivity (Wildman–Crippen MR) is 90.3 cm³/mol. The highest BCUT2D eigenvalue weighted by molar-refractivity contribution is 5.99. The number of rotatable bonds is 6. The van der Waals surface area contributed by atoms with Gasteiger partial charge in [0.25, 0.3) is 5.69 Å². The van der Waals surface area contributed by atoms with E-state index >= 15 is 0 Å². The predicted octanol–water partition coefficient (Wildman–Crippen LogP) is 4.32. The smallest absolute Gasteiger partial charge is 0.338 e. The molecule has 0 saturated heterocycles. The minimum absolute atomic E-state index is 0.0961. The zero-order valence-corrected chi connectivity index (χ0v) is 13.4. The van der Waals surface area contributed by atoms with Crippen LogP contribution >= 0.6 is 0 Å². The minimum Gasteiger partial charge on any atom is -0.494 e. The van der Waals surface area contributed by atoms with Crippen molar-refractivity contribution in [3.8, 4) is 17.2 Å². The molecule has 2 N–H and O–H groups in total. The van der Waals surface area contributed by atoms with Gasteiger partial charge < -0.3 is 19.9 Å². The first kappa shape index (κ1) is 16.6. The molecule has 25 heavy (non-hydrogen) atoms. The summed E-state index contributed by atoms with van der Waals surface area (Å²) >= 11 is 0. The first-order valence-electron chi connectivity index (χ1n) is 7.77. The third-order valence-electron chi connectivity index (χ3n) is 3.73. The lowest BCUT2D eigenvalue weighted by atomic mass is 10.1. The van der Waals surface area contributed by atoms with Crippen molar-refractivity contribution in [1.29, 1.82) is 0 Å². The molecule has 8 nitrogen and oxygen atoms in total. The second kappa shape index (κ2) is 6.68. The summed E-state index contributed by atoms with van der Waals surface area (Å²) in [6.07, 6.45) is 1.94. The number of carbonyl (C=O) groups is 1. The molecule has 2 aromatic rings. The number of nitro benzene ring substituents is 1. The van der Waals surface area contributed by atoms with E-state index in [1.54, 1.807) is 18.2 Å². The Morgan fingerprint density at radius 3 is 2.80 bits per heavy atom. The average Bonchev–Trinajstić information content (AvgIpc) is 2.59. The molecule has 0 amide bonds. The average molecular weight is 344 g/mol. The number of hydrogen-bond acceptors (Lipinski definition) is 6. The van der Waals surface area contributed by atoms with Gasteiger partial charge in [0.05, 0.1) is 34.5 Å². The molecule has 0 aliphatic carbocycles. The summed E-state index contributed by atoms with van der Waals surface area (Å²) in [4.78, 5) is 21.8. The van der Waals surface area contributed by atoms with E-state index < -0.39 is 10.9 Å². The maximum atomic E-state index is 11.5. The highest BCUT2D eigenvalue weighted by Crippen LogP contribution is 2.46. The molecule has 1 heterocycles. The van der Waals surface area contributed by atoms with E-state index in [4.69, 9.17) is 9.47 Å². The zero-order chi connectivity index (χ0) is 18.0. The molecule has 0 atom stereocenters. The molecule has 0 aromatic heterocycles. The molecule has 0 fully saturated rings. The fourth-order valence-corrected chi connectivity index (χ4v) is 2.46. The molecule has 2 aromatic carbocycles. The van der Waals surface area contributed by atoms with Crippen molar-refractivity contribution in [3.05, 3.63) is 46.0 Å². The number of ether oxygens (including phenoxy) is 2. The standard InChI is InChI=1S/C17H16N2O6/c1-2-3-6-24-11-4-5-14-13(9-11)18-16-12(17(20)21)7-10(19(22)23)8-15(16)25-14/h4-5,7-9,18H,2-3,6H2,1H3,(H,20,21). The van der Waals surface area contributed by atoms with Crippen molar-refractivity contribution < 1.29 is 24.3 Å². The molecule has 0 spiro atoms. The summed E-state index contributed by atoms with van der Waals surface area (Å²) in [6, 6.07) is 7.32. The Kier molecular flexibility index (Phi) is 4.42. The van der Waals surface area contributed by atoms with E-state index in [-0.39, 0.29) is 22.7 Å². The Morgan fingerprint density at radius 1 is 1.32 bits per heavy atom. The van der Waals surface area contributed by atoms with Crippen molar-refractivity contribution >= 4 is 23.0 Å². The molecular formula is C17H16N2O6. The number of hydrogen-bond donors (Lipinski definition) is 2. The van der Waals surface area contributed by atoms with Crippen LogP contribution < -0.4 is 14.8 Å². The van der Waals surface area contributed by atoms with Gasteiger partial charge in [0, 0.05) is 12.1 Å². The highest BCUT2D eigenvalue weighted by atomic mass is 16.6. The van der Waals surface area contributed by atoms with Crippen LogP contribution in [0, 0.1) is 10.1 Å². The topological polar surface area (TPSA) is 111 Å². The summed E-state index contributed by atoms with van der Waals surface area (Å²) in [5.74, 6) is -0.119. The highest BCUT2D eigenvalue weighted by Gasteiger charge is 2.26. The molecule has 0 saturated carbocycles. The van der Waals surface area contributed by atoms with Crippen LogP contribution in [0.1, 0.15) is 30.1 Å². The first-order chi connectivity index (χ1) is 12.0. The van der Waals surface area contributed by atoms with Gasteiger partial charge in [-0.05, 0) is 18.6 Å². The Labute approximate surface area is 143 Å².